The first kappa shape index (κ1) is 15.9. The average Bonchev–Trinajstić information content (AvgIpc) is 2.66. The van der Waals surface area contributed by atoms with Gasteiger partial charge >= 0.3 is 11.7 Å². The van der Waals surface area contributed by atoms with Crippen molar-refractivity contribution in [3.8, 4) is 11.1 Å². The Labute approximate surface area is 148 Å². The number of hydrogen-bond donors (Lipinski definition) is 3. The highest BCUT2D eigenvalue weighted by molar-refractivity contribution is 5.92. The van der Waals surface area contributed by atoms with Gasteiger partial charge in [0.05, 0.1) is 11.6 Å². The fourth-order valence-electron chi connectivity index (χ4n) is 3.15. The molecule has 0 aliphatic carbocycles. The standard InChI is InChI=1S/C19H16N4O3/c1-23-16-14(17(24)22-19(23)26)15(20-18(25)21-16)13-9-7-12(8-10-13)11-5-3-2-4-6-11/h2-10,15H,1H3,(H2,20,21,25)(H,22,24,26)/t15-/m0/s1. The molecule has 0 unspecified atom stereocenters. The van der Waals surface area contributed by atoms with Gasteiger partial charge in [-0.15, -0.1) is 0 Å². The Bertz CT molecular complexity index is 1100. The van der Waals surface area contributed by atoms with Crippen molar-refractivity contribution in [2.75, 3.05) is 5.32 Å². The number of benzene rings is 2. The van der Waals surface area contributed by atoms with Crippen LogP contribution in [0.2, 0.25) is 0 Å². The molecule has 1 aromatic heterocycles. The van der Waals surface area contributed by atoms with Gasteiger partial charge in [-0.2, -0.15) is 0 Å². The molecule has 7 nitrogen and oxygen atoms in total. The molecule has 0 radical (unpaired) electrons. The summed E-state index contributed by atoms with van der Waals surface area (Å²) in [5.41, 5.74) is 2.07. The molecule has 1 aliphatic rings. The molecular formula is C19H16N4O3. The van der Waals surface area contributed by atoms with Crippen LogP contribution in [0.15, 0.2) is 64.2 Å². The van der Waals surface area contributed by atoms with Crippen LogP contribution in [-0.2, 0) is 7.05 Å². The predicted molar refractivity (Wildman–Crippen MR) is 98.2 cm³/mol. The van der Waals surface area contributed by atoms with Crippen molar-refractivity contribution in [2.45, 2.75) is 6.04 Å². The van der Waals surface area contributed by atoms with Gasteiger partial charge < -0.3 is 5.32 Å². The van der Waals surface area contributed by atoms with Crippen LogP contribution >= 0.6 is 0 Å². The Morgan fingerprint density at radius 2 is 1.54 bits per heavy atom. The Balaban J connectivity index is 1.80. The van der Waals surface area contributed by atoms with E-state index >= 15 is 0 Å². The number of nitrogens with zero attached hydrogens (tertiary/aromatic N) is 1. The van der Waals surface area contributed by atoms with Crippen molar-refractivity contribution >= 4 is 11.8 Å². The van der Waals surface area contributed by atoms with Gasteiger partial charge in [0.1, 0.15) is 5.82 Å². The molecule has 2 amide bonds. The number of urea groups is 1. The first-order valence-electron chi connectivity index (χ1n) is 8.10. The Kier molecular flexibility index (Phi) is 3.69. The molecule has 3 N–H and O–H groups in total. The first-order valence-corrected chi connectivity index (χ1v) is 8.10. The van der Waals surface area contributed by atoms with Crippen molar-refractivity contribution in [2.24, 2.45) is 7.05 Å². The van der Waals surface area contributed by atoms with Crippen LogP contribution in [0.3, 0.4) is 0 Å². The summed E-state index contributed by atoms with van der Waals surface area (Å²) in [4.78, 5) is 38.5. The normalized spacial score (nSPS) is 15.7. The van der Waals surface area contributed by atoms with Gasteiger partial charge in [0, 0.05) is 7.05 Å². The zero-order valence-corrected chi connectivity index (χ0v) is 13.9. The minimum Gasteiger partial charge on any atom is -0.327 e. The highest BCUT2D eigenvalue weighted by atomic mass is 16.2. The molecule has 7 heteroatoms. The molecule has 0 saturated carbocycles. The van der Waals surface area contributed by atoms with Gasteiger partial charge in [-0.05, 0) is 16.7 Å². The summed E-state index contributed by atoms with van der Waals surface area (Å²) in [6, 6.07) is 16.4. The number of hydrogen-bond acceptors (Lipinski definition) is 3. The lowest BCUT2D eigenvalue weighted by molar-refractivity contribution is 0.248. The summed E-state index contributed by atoms with van der Waals surface area (Å²) in [5.74, 6) is 0.208. The number of H-pyrrole nitrogens is 1. The van der Waals surface area contributed by atoms with Crippen molar-refractivity contribution in [1.82, 2.24) is 14.9 Å². The number of anilines is 1. The largest absolute Gasteiger partial charge is 0.329 e. The monoisotopic (exact) mass is 348 g/mol. The number of rotatable bonds is 2. The van der Waals surface area contributed by atoms with Crippen molar-refractivity contribution in [1.29, 1.82) is 0 Å². The molecule has 26 heavy (non-hydrogen) atoms. The Hall–Kier alpha value is -3.61. The van der Waals surface area contributed by atoms with E-state index in [0.717, 1.165) is 16.7 Å². The van der Waals surface area contributed by atoms with E-state index in [1.54, 1.807) is 0 Å². The molecular weight excluding hydrogens is 332 g/mol. The fraction of sp³-hybridized carbons (Fsp3) is 0.105. The summed E-state index contributed by atoms with van der Waals surface area (Å²) in [5, 5.41) is 5.29. The zero-order valence-electron chi connectivity index (χ0n) is 13.9. The lowest BCUT2D eigenvalue weighted by atomic mass is 9.96. The van der Waals surface area contributed by atoms with Gasteiger partial charge in [-0.3, -0.25) is 19.7 Å². The van der Waals surface area contributed by atoms with E-state index in [4.69, 9.17) is 0 Å². The number of aromatic amines is 1. The van der Waals surface area contributed by atoms with Crippen molar-refractivity contribution in [3.63, 3.8) is 0 Å². The zero-order chi connectivity index (χ0) is 18.3. The summed E-state index contributed by atoms with van der Waals surface area (Å²) in [6.45, 7) is 0. The quantitative estimate of drug-likeness (QED) is 0.660. The second-order valence-electron chi connectivity index (χ2n) is 6.10. The molecule has 2 heterocycles. The maximum Gasteiger partial charge on any atom is 0.329 e. The molecule has 1 atom stereocenters. The summed E-state index contributed by atoms with van der Waals surface area (Å²) < 4.78 is 1.22. The number of carbonyl (C=O) groups excluding carboxylic acids is 1. The highest BCUT2D eigenvalue weighted by Crippen LogP contribution is 2.29. The lowest BCUT2D eigenvalue weighted by Gasteiger charge is -2.27. The maximum atomic E-state index is 12.4. The summed E-state index contributed by atoms with van der Waals surface area (Å²) >= 11 is 0. The Morgan fingerprint density at radius 1 is 0.885 bits per heavy atom. The second-order valence-corrected chi connectivity index (χ2v) is 6.10. The lowest BCUT2D eigenvalue weighted by Crippen LogP contribution is -2.46. The third kappa shape index (κ3) is 2.59. The van der Waals surface area contributed by atoms with Crippen LogP contribution in [0.5, 0.6) is 0 Å². The minimum atomic E-state index is -0.640. The van der Waals surface area contributed by atoms with E-state index in [0.29, 0.717) is 5.56 Å². The fourth-order valence-corrected chi connectivity index (χ4v) is 3.15. The van der Waals surface area contributed by atoms with Gasteiger partial charge in [0.15, 0.2) is 0 Å². The maximum absolute atomic E-state index is 12.4. The first-order chi connectivity index (χ1) is 12.5. The predicted octanol–water partition coefficient (Wildman–Crippen LogP) is 1.97. The van der Waals surface area contributed by atoms with Crippen LogP contribution in [-0.4, -0.2) is 15.6 Å². The highest BCUT2D eigenvalue weighted by Gasteiger charge is 2.30. The number of amides is 2. The smallest absolute Gasteiger partial charge is 0.327 e. The van der Waals surface area contributed by atoms with Crippen molar-refractivity contribution < 1.29 is 4.79 Å². The Morgan fingerprint density at radius 3 is 2.23 bits per heavy atom. The number of nitrogens with one attached hydrogen (secondary N) is 3. The SMILES string of the molecule is Cn1c2c(c(=O)[nH]c1=O)[C@H](c1ccc(-c3ccccc3)cc1)NC(=O)N2. The number of fused-ring (bicyclic) bond motifs is 1. The molecule has 0 bridgehead atoms. The van der Waals surface area contributed by atoms with E-state index in [9.17, 15) is 14.4 Å². The molecule has 0 spiro atoms. The van der Waals surface area contributed by atoms with Crippen LogP contribution in [0.4, 0.5) is 10.6 Å². The molecule has 3 aromatic rings. The molecule has 130 valence electrons. The minimum absolute atomic E-state index is 0.208. The third-order valence-electron chi connectivity index (χ3n) is 4.51. The van der Waals surface area contributed by atoms with Gasteiger partial charge in [0.25, 0.3) is 5.56 Å². The van der Waals surface area contributed by atoms with Gasteiger partial charge in [-0.1, -0.05) is 54.6 Å². The third-order valence-corrected chi connectivity index (χ3v) is 4.51. The topological polar surface area (TPSA) is 96.0 Å². The van der Waals surface area contributed by atoms with Crippen LogP contribution < -0.4 is 21.9 Å². The van der Waals surface area contributed by atoms with Gasteiger partial charge in [0.2, 0.25) is 0 Å². The average molecular weight is 348 g/mol. The molecule has 0 fully saturated rings. The molecule has 0 saturated heterocycles. The summed E-state index contributed by atoms with van der Waals surface area (Å²) in [6.07, 6.45) is 0. The van der Waals surface area contributed by atoms with E-state index in [1.807, 2.05) is 54.6 Å². The van der Waals surface area contributed by atoms with Crippen LogP contribution in [0.25, 0.3) is 11.1 Å². The van der Waals surface area contributed by atoms with Crippen LogP contribution in [0.1, 0.15) is 17.2 Å². The van der Waals surface area contributed by atoms with E-state index in [-0.39, 0.29) is 5.82 Å². The van der Waals surface area contributed by atoms with E-state index in [1.165, 1.54) is 11.6 Å². The molecule has 1 aliphatic heterocycles. The second kappa shape index (κ2) is 6.03. The molecule has 2 aromatic carbocycles. The van der Waals surface area contributed by atoms with Gasteiger partial charge in [-0.25, -0.2) is 9.59 Å². The number of aromatic nitrogens is 2. The van der Waals surface area contributed by atoms with Crippen molar-refractivity contribution in [3.05, 3.63) is 86.6 Å². The van der Waals surface area contributed by atoms with E-state index < -0.39 is 23.3 Å². The molecule has 4 rings (SSSR count). The number of carbonyl (C=O) groups is 1. The van der Waals surface area contributed by atoms with E-state index in [2.05, 4.69) is 15.6 Å². The van der Waals surface area contributed by atoms with Crippen LogP contribution in [0, 0.1) is 0 Å². The summed E-state index contributed by atoms with van der Waals surface area (Å²) in [7, 11) is 1.50.